The molecule has 0 amide bonds. The van der Waals surface area contributed by atoms with Crippen LogP contribution < -0.4 is 0 Å². The Morgan fingerprint density at radius 3 is 2.22 bits per heavy atom. The highest BCUT2D eigenvalue weighted by molar-refractivity contribution is 5.92. The number of hydrogen-bond acceptors (Lipinski definition) is 3. The molecule has 1 rings (SSSR count). The Hall–Kier alpha value is -1.32. The molecule has 0 atom stereocenters. The third-order valence-corrected chi connectivity index (χ3v) is 2.84. The van der Waals surface area contributed by atoms with Crippen molar-refractivity contribution in [1.29, 1.82) is 0 Å². The van der Waals surface area contributed by atoms with E-state index >= 15 is 0 Å². The minimum absolute atomic E-state index is 0.125. The van der Waals surface area contributed by atoms with Crippen LogP contribution in [0.2, 0.25) is 0 Å². The fourth-order valence-electron chi connectivity index (χ4n) is 2.07. The van der Waals surface area contributed by atoms with E-state index in [0.29, 0.717) is 12.2 Å². The van der Waals surface area contributed by atoms with Gasteiger partial charge in [-0.05, 0) is 40.5 Å². The molecule has 1 aromatic rings. The molecule has 102 valence electrons. The van der Waals surface area contributed by atoms with Gasteiger partial charge in [0.1, 0.15) is 5.56 Å². The van der Waals surface area contributed by atoms with Gasteiger partial charge in [-0.1, -0.05) is 13.8 Å². The number of hydrogen-bond donors (Lipinski definition) is 0. The van der Waals surface area contributed by atoms with Gasteiger partial charge in [0.2, 0.25) is 0 Å². The van der Waals surface area contributed by atoms with Crippen molar-refractivity contribution in [3.8, 4) is 0 Å². The number of ether oxygens (including phenoxy) is 1. The van der Waals surface area contributed by atoms with Crippen molar-refractivity contribution in [2.45, 2.75) is 59.9 Å². The zero-order chi connectivity index (χ0) is 13.9. The normalized spacial score (nSPS) is 11.7. The molecule has 0 radical (unpaired) electrons. The standard InChI is InChI=1S/C14H24N2O2/c1-7-10-12(13(17)18-9-3)11(8-2)16(15-10)14(4,5)6/h7-9H2,1-6H3. The van der Waals surface area contributed by atoms with E-state index in [9.17, 15) is 4.79 Å². The van der Waals surface area contributed by atoms with Gasteiger partial charge < -0.3 is 4.74 Å². The summed E-state index contributed by atoms with van der Waals surface area (Å²) in [7, 11) is 0. The van der Waals surface area contributed by atoms with Gasteiger partial charge in [0.25, 0.3) is 0 Å². The van der Waals surface area contributed by atoms with Crippen LogP contribution >= 0.6 is 0 Å². The maximum absolute atomic E-state index is 12.1. The summed E-state index contributed by atoms with van der Waals surface area (Å²) in [5, 5.41) is 4.59. The predicted molar refractivity (Wildman–Crippen MR) is 71.9 cm³/mol. The Morgan fingerprint density at radius 2 is 1.83 bits per heavy atom. The molecule has 4 nitrogen and oxygen atoms in total. The van der Waals surface area contributed by atoms with Gasteiger partial charge >= 0.3 is 5.97 Å². The summed E-state index contributed by atoms with van der Waals surface area (Å²) in [6.45, 7) is 12.5. The second-order valence-electron chi connectivity index (χ2n) is 5.28. The zero-order valence-electron chi connectivity index (χ0n) is 12.3. The van der Waals surface area contributed by atoms with Gasteiger partial charge in [0.15, 0.2) is 0 Å². The number of aryl methyl sites for hydroxylation is 1. The average molecular weight is 252 g/mol. The van der Waals surface area contributed by atoms with E-state index in [-0.39, 0.29) is 11.5 Å². The molecule has 0 bridgehead atoms. The van der Waals surface area contributed by atoms with E-state index in [2.05, 4.69) is 25.9 Å². The number of esters is 1. The number of carbonyl (C=O) groups excluding carboxylic acids is 1. The largest absolute Gasteiger partial charge is 0.462 e. The lowest BCUT2D eigenvalue weighted by Gasteiger charge is -2.22. The molecule has 0 aliphatic rings. The number of carbonyl (C=O) groups is 1. The molecule has 0 aliphatic heterocycles. The quantitative estimate of drug-likeness (QED) is 0.774. The third kappa shape index (κ3) is 2.74. The van der Waals surface area contributed by atoms with Crippen molar-refractivity contribution in [3.05, 3.63) is 17.0 Å². The van der Waals surface area contributed by atoms with Crippen molar-refractivity contribution in [1.82, 2.24) is 9.78 Å². The van der Waals surface area contributed by atoms with Crippen molar-refractivity contribution in [3.63, 3.8) is 0 Å². The van der Waals surface area contributed by atoms with Crippen LogP contribution in [0, 0.1) is 0 Å². The molecule has 0 unspecified atom stereocenters. The van der Waals surface area contributed by atoms with E-state index < -0.39 is 0 Å². The maximum Gasteiger partial charge on any atom is 0.341 e. The van der Waals surface area contributed by atoms with Crippen LogP contribution in [-0.4, -0.2) is 22.4 Å². The molecule has 0 saturated carbocycles. The smallest absolute Gasteiger partial charge is 0.341 e. The van der Waals surface area contributed by atoms with Crippen LogP contribution in [0.25, 0.3) is 0 Å². The first-order chi connectivity index (χ1) is 8.36. The fraction of sp³-hybridized carbons (Fsp3) is 0.714. The van der Waals surface area contributed by atoms with E-state index in [0.717, 1.165) is 24.2 Å². The third-order valence-electron chi connectivity index (χ3n) is 2.84. The SMILES string of the molecule is CCOC(=O)c1c(CC)nn(C(C)(C)C)c1CC. The van der Waals surface area contributed by atoms with Gasteiger partial charge in [-0.3, -0.25) is 4.68 Å². The second-order valence-corrected chi connectivity index (χ2v) is 5.28. The number of aromatic nitrogens is 2. The van der Waals surface area contributed by atoms with Crippen LogP contribution in [0.3, 0.4) is 0 Å². The van der Waals surface area contributed by atoms with Crippen molar-refractivity contribution < 1.29 is 9.53 Å². The zero-order valence-corrected chi connectivity index (χ0v) is 12.3. The molecule has 0 N–H and O–H groups in total. The Labute approximate surface area is 109 Å². The van der Waals surface area contributed by atoms with Crippen LogP contribution in [-0.2, 0) is 23.1 Å². The monoisotopic (exact) mass is 252 g/mol. The summed E-state index contributed by atoms with van der Waals surface area (Å²) in [5.74, 6) is -0.248. The van der Waals surface area contributed by atoms with Gasteiger partial charge in [-0.15, -0.1) is 0 Å². The van der Waals surface area contributed by atoms with Crippen molar-refractivity contribution in [2.24, 2.45) is 0 Å². The molecular weight excluding hydrogens is 228 g/mol. The molecular formula is C14H24N2O2. The molecule has 0 fully saturated rings. The van der Waals surface area contributed by atoms with Crippen molar-refractivity contribution >= 4 is 5.97 Å². The number of rotatable bonds is 4. The van der Waals surface area contributed by atoms with Crippen LogP contribution in [0.15, 0.2) is 0 Å². The minimum atomic E-state index is -0.248. The average Bonchev–Trinajstić information content (AvgIpc) is 2.67. The lowest BCUT2D eigenvalue weighted by molar-refractivity contribution is 0.0523. The fourth-order valence-corrected chi connectivity index (χ4v) is 2.07. The predicted octanol–water partition coefficient (Wildman–Crippen LogP) is 2.94. The maximum atomic E-state index is 12.1. The van der Waals surface area contributed by atoms with E-state index in [4.69, 9.17) is 4.74 Å². The molecule has 0 saturated heterocycles. The van der Waals surface area contributed by atoms with Crippen LogP contribution in [0.4, 0.5) is 0 Å². The summed E-state index contributed by atoms with van der Waals surface area (Å²) in [5.41, 5.74) is 2.34. The summed E-state index contributed by atoms with van der Waals surface area (Å²) in [6, 6.07) is 0. The Bertz CT molecular complexity index is 428. The second kappa shape index (κ2) is 5.55. The summed E-state index contributed by atoms with van der Waals surface area (Å²) in [4.78, 5) is 12.1. The Balaban J connectivity index is 3.39. The molecule has 18 heavy (non-hydrogen) atoms. The van der Waals surface area contributed by atoms with Gasteiger partial charge in [0, 0.05) is 0 Å². The molecule has 1 aromatic heterocycles. The van der Waals surface area contributed by atoms with Gasteiger partial charge in [-0.2, -0.15) is 5.10 Å². The number of nitrogens with zero attached hydrogens (tertiary/aromatic N) is 2. The summed E-state index contributed by atoms with van der Waals surface area (Å²) in [6.07, 6.45) is 1.52. The van der Waals surface area contributed by atoms with E-state index in [1.54, 1.807) is 0 Å². The molecule has 1 heterocycles. The Morgan fingerprint density at radius 1 is 1.22 bits per heavy atom. The molecule has 0 spiro atoms. The molecule has 0 aliphatic carbocycles. The van der Waals surface area contributed by atoms with Crippen LogP contribution in [0.1, 0.15) is 63.3 Å². The summed E-state index contributed by atoms with van der Waals surface area (Å²) < 4.78 is 7.10. The first kappa shape index (κ1) is 14.7. The summed E-state index contributed by atoms with van der Waals surface area (Å²) >= 11 is 0. The van der Waals surface area contributed by atoms with Gasteiger partial charge in [-0.25, -0.2) is 4.79 Å². The van der Waals surface area contributed by atoms with Crippen LogP contribution in [0.5, 0.6) is 0 Å². The highest BCUT2D eigenvalue weighted by Crippen LogP contribution is 2.24. The molecule has 0 aromatic carbocycles. The minimum Gasteiger partial charge on any atom is -0.462 e. The van der Waals surface area contributed by atoms with E-state index in [1.807, 2.05) is 25.5 Å². The first-order valence-corrected chi connectivity index (χ1v) is 6.65. The topological polar surface area (TPSA) is 44.1 Å². The highest BCUT2D eigenvalue weighted by Gasteiger charge is 2.27. The highest BCUT2D eigenvalue weighted by atomic mass is 16.5. The Kier molecular flexibility index (Phi) is 4.54. The van der Waals surface area contributed by atoms with Gasteiger partial charge in [0.05, 0.1) is 23.5 Å². The van der Waals surface area contributed by atoms with Crippen molar-refractivity contribution in [2.75, 3.05) is 6.61 Å². The lowest BCUT2D eigenvalue weighted by Crippen LogP contribution is -2.25. The lowest BCUT2D eigenvalue weighted by atomic mass is 10.1. The molecule has 4 heteroatoms. The van der Waals surface area contributed by atoms with E-state index in [1.165, 1.54) is 0 Å². The first-order valence-electron chi connectivity index (χ1n) is 6.65.